The third-order valence-corrected chi connectivity index (χ3v) is 14.2. The molecule has 8 amide bonds. The van der Waals surface area contributed by atoms with Crippen LogP contribution in [0.3, 0.4) is 0 Å². The number of ether oxygens (including phenoxy) is 2. The Morgan fingerprint density at radius 2 is 1.61 bits per heavy atom. The highest BCUT2D eigenvalue weighted by Crippen LogP contribution is 2.44. The quantitative estimate of drug-likeness (QED) is 0.0231. The SMILES string of the molecule is CC[C@@]1(O)C(=O)OCc2c1cc1c3nc4c5c(c3cn1c2=O)[C@@H](NC(=O)C[C@H](C)OCNC(=O)CNC(=O)[C@H](Cc1ccccc1)NC(=O)CNC(=O)CNC(=O)CCCCCN1C(=O)C=CC1=O)CCC5=C(C)C(F)C=4. The summed E-state index contributed by atoms with van der Waals surface area (Å²) in [6.45, 7) is 3.14. The molecule has 77 heavy (non-hydrogen) atoms. The van der Waals surface area contributed by atoms with Crippen molar-refractivity contribution in [2.45, 2.75) is 115 Å². The van der Waals surface area contributed by atoms with Crippen molar-refractivity contribution in [3.05, 3.63) is 104 Å². The summed E-state index contributed by atoms with van der Waals surface area (Å²) < 4.78 is 27.8. The number of fused-ring (bicyclic) bond motifs is 5. The van der Waals surface area contributed by atoms with Gasteiger partial charge in [-0.05, 0) is 80.4 Å². The van der Waals surface area contributed by atoms with Crippen molar-refractivity contribution in [2.75, 3.05) is 32.9 Å². The summed E-state index contributed by atoms with van der Waals surface area (Å²) in [5.41, 5.74) is 1.61. The lowest BCUT2D eigenvalue weighted by Gasteiger charge is -2.32. The number of nitrogens with zero attached hydrogens (tertiary/aromatic N) is 3. The highest BCUT2D eigenvalue weighted by atomic mass is 19.1. The summed E-state index contributed by atoms with van der Waals surface area (Å²) in [7, 11) is 0. The number of pyridine rings is 2. The first-order valence-corrected chi connectivity index (χ1v) is 25.5. The number of esters is 1. The number of allylic oxidation sites excluding steroid dienone is 2. The molecule has 0 radical (unpaired) electrons. The van der Waals surface area contributed by atoms with Crippen molar-refractivity contribution in [1.82, 2.24) is 46.2 Å². The maximum Gasteiger partial charge on any atom is 0.343 e. The molecule has 2 aliphatic heterocycles. The summed E-state index contributed by atoms with van der Waals surface area (Å²) in [6, 6.07) is 8.59. The van der Waals surface area contributed by atoms with Gasteiger partial charge in [-0.15, -0.1) is 0 Å². The lowest BCUT2D eigenvalue weighted by Crippen LogP contribution is -2.52. The van der Waals surface area contributed by atoms with Crippen molar-refractivity contribution < 1.29 is 62.1 Å². The Kier molecular flexibility index (Phi) is 17.0. The minimum absolute atomic E-state index is 0.0478. The summed E-state index contributed by atoms with van der Waals surface area (Å²) in [5, 5.41) is 27.8. The number of hydrogen-bond donors (Lipinski definition) is 7. The van der Waals surface area contributed by atoms with Crippen LogP contribution in [0.5, 0.6) is 0 Å². The number of hydrogen-bond acceptors (Lipinski definition) is 14. The minimum atomic E-state index is -2.05. The second-order valence-corrected chi connectivity index (χ2v) is 19.4. The van der Waals surface area contributed by atoms with E-state index in [1.165, 1.54) is 22.6 Å². The average molecular weight is 1060 g/mol. The number of alkyl halides is 1. The number of amides is 8. The van der Waals surface area contributed by atoms with Gasteiger partial charge in [-0.25, -0.2) is 14.2 Å². The van der Waals surface area contributed by atoms with E-state index in [0.717, 1.165) is 10.5 Å². The van der Waals surface area contributed by atoms with E-state index >= 15 is 4.39 Å². The Morgan fingerprint density at radius 1 is 0.909 bits per heavy atom. The number of cyclic esters (lactones) is 1. The zero-order valence-corrected chi connectivity index (χ0v) is 42.8. The molecule has 5 atom stereocenters. The molecule has 0 saturated carbocycles. The zero-order chi connectivity index (χ0) is 55.1. The molecule has 4 aromatic rings. The van der Waals surface area contributed by atoms with E-state index in [2.05, 4.69) is 31.9 Å². The van der Waals surface area contributed by atoms with E-state index in [1.54, 1.807) is 63.4 Å². The van der Waals surface area contributed by atoms with Gasteiger partial charge in [0.25, 0.3) is 17.4 Å². The Labute approximate surface area is 440 Å². The van der Waals surface area contributed by atoms with Crippen LogP contribution in [0, 0.1) is 0 Å². The largest absolute Gasteiger partial charge is 0.458 e. The third kappa shape index (κ3) is 12.3. The maximum atomic E-state index is 15.5. The van der Waals surface area contributed by atoms with Gasteiger partial charge in [-0.2, -0.15) is 0 Å². The predicted molar refractivity (Wildman–Crippen MR) is 274 cm³/mol. The molecule has 3 aromatic heterocycles. The number of aromatic nitrogens is 2. The van der Waals surface area contributed by atoms with Crippen molar-refractivity contribution >= 4 is 81.3 Å². The number of rotatable bonds is 23. The first-order valence-electron chi connectivity index (χ1n) is 25.5. The molecule has 2 aliphatic carbocycles. The second-order valence-electron chi connectivity index (χ2n) is 19.4. The lowest BCUT2D eigenvalue weighted by molar-refractivity contribution is -0.172. The van der Waals surface area contributed by atoms with Crippen LogP contribution >= 0.6 is 0 Å². The highest BCUT2D eigenvalue weighted by molar-refractivity contribution is 6.12. The summed E-state index contributed by atoms with van der Waals surface area (Å²) in [4.78, 5) is 134. The Morgan fingerprint density at radius 3 is 2.35 bits per heavy atom. The number of aliphatic hydroxyl groups is 1. The Bertz CT molecular complexity index is 3230. The van der Waals surface area contributed by atoms with E-state index in [-0.39, 0.29) is 68.5 Å². The third-order valence-electron chi connectivity index (χ3n) is 14.2. The van der Waals surface area contributed by atoms with Crippen LogP contribution < -0.4 is 42.8 Å². The van der Waals surface area contributed by atoms with Crippen LogP contribution in [0.25, 0.3) is 28.1 Å². The monoisotopic (exact) mass is 1060 g/mol. The molecule has 0 bridgehead atoms. The van der Waals surface area contributed by atoms with Crippen LogP contribution in [0.4, 0.5) is 4.39 Å². The van der Waals surface area contributed by atoms with Gasteiger partial charge in [0.2, 0.25) is 35.4 Å². The van der Waals surface area contributed by atoms with Gasteiger partial charge in [-0.1, -0.05) is 43.7 Å². The molecule has 0 saturated heterocycles. The van der Waals surface area contributed by atoms with E-state index in [1.807, 2.05) is 0 Å². The van der Waals surface area contributed by atoms with E-state index < -0.39 is 96.6 Å². The predicted octanol–water partition coefficient (Wildman–Crippen LogP) is 0.508. The Balaban J connectivity index is 0.808. The van der Waals surface area contributed by atoms with Crippen LogP contribution in [0.15, 0.2) is 65.1 Å². The maximum absolute atomic E-state index is 15.5. The molecule has 5 heterocycles. The molecule has 1 aromatic carbocycles. The lowest BCUT2D eigenvalue weighted by atomic mass is 9.78. The van der Waals surface area contributed by atoms with Gasteiger partial charge < -0.3 is 46.5 Å². The highest BCUT2D eigenvalue weighted by Gasteiger charge is 2.45. The number of imide groups is 1. The van der Waals surface area contributed by atoms with Gasteiger partial charge in [0.05, 0.1) is 60.1 Å². The molecular formula is C54H60FN9O13. The zero-order valence-electron chi connectivity index (χ0n) is 42.8. The van der Waals surface area contributed by atoms with Crippen LogP contribution in [0.2, 0.25) is 0 Å². The first kappa shape index (κ1) is 55.1. The Hall–Kier alpha value is -8.18. The summed E-state index contributed by atoms with van der Waals surface area (Å²) in [6.07, 6.45) is 5.66. The molecule has 406 valence electrons. The van der Waals surface area contributed by atoms with Gasteiger partial charge >= 0.3 is 5.97 Å². The van der Waals surface area contributed by atoms with E-state index in [9.17, 15) is 53.1 Å². The summed E-state index contributed by atoms with van der Waals surface area (Å²) >= 11 is 0. The van der Waals surface area contributed by atoms with Gasteiger partial charge in [0, 0.05) is 54.2 Å². The molecule has 0 spiro atoms. The standard InChI is InChI=1S/C54H60FN9O13/c1-4-54(75)35-21-40-50-33(26-64(40)52(73)34(35)27-76-53(54)74)49-37(15-14-32-30(3)36(55)22-38(62-50)48(32)49)60-42(66)19-29(2)77-28-59-44(68)24-58-51(72)39(20-31-11-7-5-8-12-31)61-45(69)25-57-43(67)23-56-41(65)13-9-6-10-18-63-46(70)16-17-47(63)71/h5,7-8,11-12,16-17,21-22,26,29,36-37,39,75H,4,6,9-10,13-15,18-20,23-25,27-28H2,1-3H3,(H,56,65)(H,57,67)(H,58,72)(H,59,68)(H,60,66)(H,61,69)/t29-,36?,37-,39-,54-/m0/s1. The number of nitrogens with one attached hydrogen (secondary N) is 6. The average Bonchev–Trinajstić information content (AvgIpc) is 4.19. The molecule has 0 fully saturated rings. The van der Waals surface area contributed by atoms with Crippen molar-refractivity contribution in [1.29, 1.82) is 0 Å². The topological polar surface area (TPSA) is 302 Å². The smallest absolute Gasteiger partial charge is 0.343 e. The number of halogens is 1. The molecule has 23 heteroatoms. The fraction of sp³-hybridized carbons (Fsp3) is 0.426. The minimum Gasteiger partial charge on any atom is -0.458 e. The molecule has 7 N–H and O–H groups in total. The number of carbonyl (C=O) groups is 9. The van der Waals surface area contributed by atoms with Crippen LogP contribution in [-0.2, 0) is 71.3 Å². The second kappa shape index (κ2) is 23.8. The number of benzene rings is 1. The number of unbranched alkanes of at least 4 members (excludes halogenated alkanes) is 2. The fourth-order valence-electron chi connectivity index (χ4n) is 9.99. The van der Waals surface area contributed by atoms with E-state index in [0.29, 0.717) is 76.1 Å². The van der Waals surface area contributed by atoms with Gasteiger partial charge in [0.1, 0.15) is 25.6 Å². The molecule has 1 unspecified atom stereocenters. The summed E-state index contributed by atoms with van der Waals surface area (Å²) in [5.74, 6) is -5.09. The van der Waals surface area contributed by atoms with Gasteiger partial charge in [0.15, 0.2) is 5.60 Å². The van der Waals surface area contributed by atoms with Crippen LogP contribution in [0.1, 0.15) is 106 Å². The number of carbonyl (C=O) groups excluding carboxylic acids is 9. The normalized spacial score (nSPS) is 19.2. The molecule has 4 aliphatic rings. The first-order chi connectivity index (χ1) is 36.9. The van der Waals surface area contributed by atoms with Crippen molar-refractivity contribution in [3.63, 3.8) is 0 Å². The fourth-order valence-corrected chi connectivity index (χ4v) is 9.99. The van der Waals surface area contributed by atoms with Crippen LogP contribution in [-0.4, -0.2) is 124 Å². The molecule has 22 nitrogen and oxygen atoms in total. The van der Waals surface area contributed by atoms with E-state index in [4.69, 9.17) is 14.5 Å². The van der Waals surface area contributed by atoms with Crippen molar-refractivity contribution in [2.24, 2.45) is 0 Å². The van der Waals surface area contributed by atoms with Crippen molar-refractivity contribution in [3.8, 4) is 0 Å². The molecule has 8 rings (SSSR count). The molecular weight excluding hydrogens is 1000 g/mol. The van der Waals surface area contributed by atoms with Gasteiger partial charge in [-0.3, -0.25) is 52.5 Å².